The van der Waals surface area contributed by atoms with Gasteiger partial charge in [0.1, 0.15) is 29.5 Å². The second-order valence-corrected chi connectivity index (χ2v) is 9.69. The summed E-state index contributed by atoms with van der Waals surface area (Å²) in [6, 6.07) is 20.4. The molecule has 0 radical (unpaired) electrons. The van der Waals surface area contributed by atoms with Crippen molar-refractivity contribution in [3.8, 4) is 28.1 Å². The summed E-state index contributed by atoms with van der Waals surface area (Å²) in [5, 5.41) is 16.3. The number of pyridine rings is 1. The fraction of sp³-hybridized carbons (Fsp3) is 0.138. The first-order chi connectivity index (χ1) is 17.8. The standard InChI is InChI=1S/C29H22Cl2N2O4/c1-16(2)28-22(27(33-37-28)26-23(30)4-3-5-24(26)31)15-36-21-10-8-17-12-18(6-7-19(17)13-21)20-9-11-25(29(34)35)32-14-20/h3-14,16H,15H2,1-2H3,(H,34,35). The molecule has 5 aromatic rings. The van der Waals surface area contributed by atoms with Crippen molar-refractivity contribution < 1.29 is 19.2 Å². The third-order valence-electron chi connectivity index (χ3n) is 6.05. The van der Waals surface area contributed by atoms with E-state index >= 15 is 0 Å². The summed E-state index contributed by atoms with van der Waals surface area (Å²) in [5.74, 6) is 0.459. The minimum Gasteiger partial charge on any atom is -0.489 e. The molecule has 37 heavy (non-hydrogen) atoms. The third kappa shape index (κ3) is 5.03. The fourth-order valence-electron chi connectivity index (χ4n) is 4.18. The summed E-state index contributed by atoms with van der Waals surface area (Å²) >= 11 is 12.9. The van der Waals surface area contributed by atoms with Crippen molar-refractivity contribution in [3.63, 3.8) is 0 Å². The number of ether oxygens (including phenoxy) is 1. The van der Waals surface area contributed by atoms with Crippen LogP contribution in [0.15, 0.2) is 77.4 Å². The molecule has 186 valence electrons. The zero-order chi connectivity index (χ0) is 26.1. The van der Waals surface area contributed by atoms with Crippen LogP contribution in [0.25, 0.3) is 33.2 Å². The van der Waals surface area contributed by atoms with E-state index in [1.807, 2.05) is 50.2 Å². The average Bonchev–Trinajstić information content (AvgIpc) is 3.31. The van der Waals surface area contributed by atoms with Gasteiger partial charge in [0, 0.05) is 23.2 Å². The van der Waals surface area contributed by atoms with Crippen LogP contribution in [0.3, 0.4) is 0 Å². The summed E-state index contributed by atoms with van der Waals surface area (Å²) in [6.07, 6.45) is 1.57. The number of carboxylic acids is 1. The lowest BCUT2D eigenvalue weighted by atomic mass is 10.0. The molecule has 0 saturated carbocycles. The second kappa shape index (κ2) is 10.2. The van der Waals surface area contributed by atoms with Crippen molar-refractivity contribution in [1.82, 2.24) is 10.1 Å². The van der Waals surface area contributed by atoms with Gasteiger partial charge in [-0.2, -0.15) is 0 Å². The van der Waals surface area contributed by atoms with Gasteiger partial charge in [-0.05, 0) is 52.7 Å². The number of carbonyl (C=O) groups is 1. The number of aromatic carboxylic acids is 1. The quantitative estimate of drug-likeness (QED) is 0.227. The van der Waals surface area contributed by atoms with E-state index in [0.29, 0.717) is 27.1 Å². The molecular formula is C29H22Cl2N2O4. The minimum absolute atomic E-state index is 0.0136. The zero-order valence-corrected chi connectivity index (χ0v) is 21.5. The highest BCUT2D eigenvalue weighted by Crippen LogP contribution is 2.39. The zero-order valence-electron chi connectivity index (χ0n) is 20.0. The lowest BCUT2D eigenvalue weighted by molar-refractivity contribution is 0.0690. The van der Waals surface area contributed by atoms with Gasteiger partial charge in [0.15, 0.2) is 0 Å². The van der Waals surface area contributed by atoms with Gasteiger partial charge in [-0.15, -0.1) is 0 Å². The summed E-state index contributed by atoms with van der Waals surface area (Å²) in [7, 11) is 0. The van der Waals surface area contributed by atoms with E-state index in [1.54, 1.807) is 30.5 Å². The Hall–Kier alpha value is -3.87. The molecule has 6 nitrogen and oxygen atoms in total. The summed E-state index contributed by atoms with van der Waals surface area (Å²) in [5.41, 5.74) is 3.80. The van der Waals surface area contributed by atoms with E-state index < -0.39 is 5.97 Å². The highest BCUT2D eigenvalue weighted by Gasteiger charge is 2.23. The Labute approximate surface area is 223 Å². The molecule has 0 saturated heterocycles. The van der Waals surface area contributed by atoms with E-state index in [2.05, 4.69) is 10.1 Å². The molecule has 0 spiro atoms. The van der Waals surface area contributed by atoms with Gasteiger partial charge >= 0.3 is 5.97 Å². The Balaban J connectivity index is 1.41. The normalized spacial score (nSPS) is 11.3. The van der Waals surface area contributed by atoms with E-state index in [0.717, 1.165) is 33.2 Å². The molecule has 0 unspecified atom stereocenters. The average molecular weight is 533 g/mol. The molecule has 3 aromatic carbocycles. The van der Waals surface area contributed by atoms with E-state index in [4.69, 9.17) is 37.6 Å². The predicted octanol–water partition coefficient (Wildman–Crippen LogP) is 8.26. The van der Waals surface area contributed by atoms with Crippen molar-refractivity contribution in [2.45, 2.75) is 26.4 Å². The Morgan fingerprint density at radius 3 is 2.35 bits per heavy atom. The van der Waals surface area contributed by atoms with Crippen molar-refractivity contribution in [3.05, 3.63) is 100.0 Å². The van der Waals surface area contributed by atoms with Crippen molar-refractivity contribution in [1.29, 1.82) is 0 Å². The van der Waals surface area contributed by atoms with Gasteiger partial charge in [-0.1, -0.05) is 72.5 Å². The van der Waals surface area contributed by atoms with Crippen molar-refractivity contribution in [2.24, 2.45) is 0 Å². The smallest absolute Gasteiger partial charge is 0.354 e. The van der Waals surface area contributed by atoms with Gasteiger partial charge in [-0.25, -0.2) is 9.78 Å². The number of nitrogens with zero attached hydrogens (tertiary/aromatic N) is 2. The van der Waals surface area contributed by atoms with Crippen LogP contribution in [-0.4, -0.2) is 21.2 Å². The molecule has 0 fully saturated rings. The third-order valence-corrected chi connectivity index (χ3v) is 6.68. The first-order valence-corrected chi connectivity index (χ1v) is 12.4. The molecule has 0 amide bonds. The van der Waals surface area contributed by atoms with Crippen molar-refractivity contribution in [2.75, 3.05) is 0 Å². The number of hydrogen-bond donors (Lipinski definition) is 1. The summed E-state index contributed by atoms with van der Waals surface area (Å²) in [6.45, 7) is 4.29. The molecular weight excluding hydrogens is 511 g/mol. The Morgan fingerprint density at radius 1 is 0.973 bits per heavy atom. The van der Waals surface area contributed by atoms with Crippen LogP contribution in [0.4, 0.5) is 0 Å². The number of carboxylic acid groups (broad SMARTS) is 1. The molecule has 0 bridgehead atoms. The molecule has 8 heteroatoms. The lowest BCUT2D eigenvalue weighted by Gasteiger charge is -2.11. The molecule has 0 aliphatic heterocycles. The van der Waals surface area contributed by atoms with Gasteiger partial charge in [0.25, 0.3) is 0 Å². The maximum Gasteiger partial charge on any atom is 0.354 e. The van der Waals surface area contributed by atoms with Crippen LogP contribution in [0, 0.1) is 0 Å². The van der Waals surface area contributed by atoms with Gasteiger partial charge in [0.05, 0.1) is 15.6 Å². The summed E-state index contributed by atoms with van der Waals surface area (Å²) < 4.78 is 11.9. The van der Waals surface area contributed by atoms with Gasteiger partial charge in [0.2, 0.25) is 0 Å². The molecule has 0 aliphatic carbocycles. The predicted molar refractivity (Wildman–Crippen MR) is 145 cm³/mol. The molecule has 5 rings (SSSR count). The molecule has 0 aliphatic rings. The highest BCUT2D eigenvalue weighted by atomic mass is 35.5. The lowest BCUT2D eigenvalue weighted by Crippen LogP contribution is -2.01. The largest absolute Gasteiger partial charge is 0.489 e. The Morgan fingerprint density at radius 2 is 1.68 bits per heavy atom. The molecule has 0 atom stereocenters. The number of benzene rings is 3. The molecule has 2 aromatic heterocycles. The Kier molecular flexibility index (Phi) is 6.87. The van der Waals surface area contributed by atoms with Crippen LogP contribution in [-0.2, 0) is 6.61 Å². The van der Waals surface area contributed by atoms with Crippen LogP contribution in [0.2, 0.25) is 10.0 Å². The minimum atomic E-state index is -1.05. The number of halogens is 2. The maximum absolute atomic E-state index is 11.1. The summed E-state index contributed by atoms with van der Waals surface area (Å²) in [4.78, 5) is 15.1. The number of aromatic nitrogens is 2. The fourth-order valence-corrected chi connectivity index (χ4v) is 4.75. The van der Waals surface area contributed by atoms with Crippen LogP contribution in [0.5, 0.6) is 5.75 Å². The van der Waals surface area contributed by atoms with E-state index in [1.165, 1.54) is 6.07 Å². The van der Waals surface area contributed by atoms with Gasteiger partial charge in [-0.3, -0.25) is 0 Å². The van der Waals surface area contributed by atoms with E-state index in [-0.39, 0.29) is 18.2 Å². The first-order valence-electron chi connectivity index (χ1n) is 11.6. The number of fused-ring (bicyclic) bond motifs is 1. The number of hydrogen-bond acceptors (Lipinski definition) is 5. The monoisotopic (exact) mass is 532 g/mol. The number of rotatable bonds is 7. The van der Waals surface area contributed by atoms with Crippen LogP contribution in [0.1, 0.15) is 41.6 Å². The van der Waals surface area contributed by atoms with Gasteiger partial charge < -0.3 is 14.4 Å². The van der Waals surface area contributed by atoms with Crippen molar-refractivity contribution >= 4 is 39.9 Å². The van der Waals surface area contributed by atoms with Crippen LogP contribution >= 0.6 is 23.2 Å². The second-order valence-electron chi connectivity index (χ2n) is 8.88. The molecule has 1 N–H and O–H groups in total. The van der Waals surface area contributed by atoms with E-state index in [9.17, 15) is 4.79 Å². The molecule has 2 heterocycles. The topological polar surface area (TPSA) is 85.5 Å². The van der Waals surface area contributed by atoms with Crippen LogP contribution < -0.4 is 4.74 Å². The highest BCUT2D eigenvalue weighted by molar-refractivity contribution is 6.39. The maximum atomic E-state index is 11.1. The SMILES string of the molecule is CC(C)c1onc(-c2c(Cl)cccc2Cl)c1COc1ccc2cc(-c3ccc(C(=O)O)nc3)ccc2c1. The first kappa shape index (κ1) is 24.8. The Bertz CT molecular complexity index is 1590.